The highest BCUT2D eigenvalue weighted by Crippen LogP contribution is 2.28. The summed E-state index contributed by atoms with van der Waals surface area (Å²) in [5.41, 5.74) is 11.1. The van der Waals surface area contributed by atoms with E-state index in [1.54, 1.807) is 12.0 Å². The highest BCUT2D eigenvalue weighted by atomic mass is 32.1. The average Bonchev–Trinajstić information content (AvgIpc) is 3.05. The van der Waals surface area contributed by atoms with Crippen LogP contribution in [0.25, 0.3) is 0 Å². The minimum Gasteiger partial charge on any atom is -0.383 e. The summed E-state index contributed by atoms with van der Waals surface area (Å²) < 4.78 is 4.93. The van der Waals surface area contributed by atoms with E-state index in [9.17, 15) is 9.59 Å². The van der Waals surface area contributed by atoms with Crippen LogP contribution in [0.4, 0.5) is 10.9 Å². The number of nitrogens with two attached hydrogens (primary N) is 2. The van der Waals surface area contributed by atoms with E-state index in [0.29, 0.717) is 42.7 Å². The van der Waals surface area contributed by atoms with Gasteiger partial charge < -0.3 is 26.4 Å². The van der Waals surface area contributed by atoms with Crippen molar-refractivity contribution in [2.24, 2.45) is 11.7 Å². The van der Waals surface area contributed by atoms with Crippen molar-refractivity contribution in [2.45, 2.75) is 6.42 Å². The molecular weight excluding hydrogens is 294 g/mol. The molecule has 2 amide bonds. The second-order valence-electron chi connectivity index (χ2n) is 4.79. The molecule has 1 unspecified atom stereocenters. The molecule has 0 aromatic carbocycles. The Kier molecular flexibility index (Phi) is 4.97. The molecule has 1 aliphatic rings. The smallest absolute Gasteiger partial charge is 0.267 e. The molecule has 1 aromatic heterocycles. The number of hydrogen-bond donors (Lipinski definition) is 3. The fraction of sp³-hybridized carbons (Fsp3) is 0.583. The number of methoxy groups -OCH3 is 1. The number of anilines is 2. The van der Waals surface area contributed by atoms with Gasteiger partial charge in [0.15, 0.2) is 5.13 Å². The van der Waals surface area contributed by atoms with Gasteiger partial charge in [0, 0.05) is 26.7 Å². The Labute approximate surface area is 126 Å². The van der Waals surface area contributed by atoms with Crippen molar-refractivity contribution in [3.8, 4) is 0 Å². The predicted octanol–water partition coefficient (Wildman–Crippen LogP) is -0.269. The van der Waals surface area contributed by atoms with Crippen LogP contribution in [0.15, 0.2) is 0 Å². The molecule has 0 spiro atoms. The number of ether oxygens (including phenoxy) is 1. The van der Waals surface area contributed by atoms with Crippen molar-refractivity contribution in [3.63, 3.8) is 0 Å². The van der Waals surface area contributed by atoms with Crippen molar-refractivity contribution in [1.82, 2.24) is 9.88 Å². The molecule has 116 valence electrons. The van der Waals surface area contributed by atoms with Gasteiger partial charge in [-0.05, 0) is 6.42 Å². The fourth-order valence-corrected chi connectivity index (χ4v) is 3.02. The van der Waals surface area contributed by atoms with E-state index < -0.39 is 0 Å². The molecule has 5 N–H and O–H groups in total. The Morgan fingerprint density at radius 2 is 2.33 bits per heavy atom. The number of amides is 2. The lowest BCUT2D eigenvalue weighted by atomic mass is 10.1. The number of nitrogens with zero attached hydrogens (tertiary/aromatic N) is 2. The maximum absolute atomic E-state index is 12.4. The molecule has 0 saturated carbocycles. The van der Waals surface area contributed by atoms with Crippen LogP contribution in [0, 0.1) is 5.92 Å². The van der Waals surface area contributed by atoms with Crippen LogP contribution < -0.4 is 16.8 Å². The Balaban J connectivity index is 2.01. The summed E-state index contributed by atoms with van der Waals surface area (Å²) in [5, 5.41) is 3.62. The van der Waals surface area contributed by atoms with E-state index in [1.165, 1.54) is 11.3 Å². The number of carbonyl (C=O) groups excluding carboxylic acids is 2. The molecule has 21 heavy (non-hydrogen) atoms. The van der Waals surface area contributed by atoms with Gasteiger partial charge in [-0.15, -0.1) is 0 Å². The molecular formula is C12H19N5O3S. The lowest BCUT2D eigenvalue weighted by molar-refractivity contribution is -0.121. The number of primary amides is 1. The van der Waals surface area contributed by atoms with Gasteiger partial charge in [-0.1, -0.05) is 11.3 Å². The van der Waals surface area contributed by atoms with Crippen LogP contribution in [0.5, 0.6) is 0 Å². The Hall–Kier alpha value is -1.87. The van der Waals surface area contributed by atoms with Crippen LogP contribution in [0.1, 0.15) is 16.1 Å². The van der Waals surface area contributed by atoms with Crippen molar-refractivity contribution in [1.29, 1.82) is 0 Å². The molecule has 1 fully saturated rings. The number of hydrogen-bond acceptors (Lipinski definition) is 7. The zero-order valence-corrected chi connectivity index (χ0v) is 12.6. The molecule has 2 heterocycles. The minimum atomic E-state index is -0.371. The van der Waals surface area contributed by atoms with E-state index >= 15 is 0 Å². The predicted molar refractivity (Wildman–Crippen MR) is 80.1 cm³/mol. The number of aromatic nitrogens is 1. The molecule has 1 atom stereocenters. The molecule has 1 aliphatic heterocycles. The van der Waals surface area contributed by atoms with E-state index in [4.69, 9.17) is 16.2 Å². The second kappa shape index (κ2) is 6.72. The maximum Gasteiger partial charge on any atom is 0.267 e. The van der Waals surface area contributed by atoms with Gasteiger partial charge in [0.1, 0.15) is 10.7 Å². The Morgan fingerprint density at radius 1 is 1.57 bits per heavy atom. The standard InChI is InChI=1S/C12H19N5O3S/c1-20-5-3-15-12-16-9(13)8(21-12)11(19)17-4-2-7(6-17)10(14)18/h7H,2-6,13H2,1H3,(H2,14,18)(H,15,16). The summed E-state index contributed by atoms with van der Waals surface area (Å²) in [6.07, 6.45) is 0.596. The van der Waals surface area contributed by atoms with Gasteiger partial charge in [0.2, 0.25) is 5.91 Å². The molecule has 0 radical (unpaired) electrons. The number of thiazole rings is 1. The zero-order chi connectivity index (χ0) is 15.4. The number of likely N-dealkylation sites (tertiary alicyclic amines) is 1. The lowest BCUT2D eigenvalue weighted by Gasteiger charge is -2.14. The van der Waals surface area contributed by atoms with E-state index in [1.807, 2.05) is 0 Å². The van der Waals surface area contributed by atoms with Crippen LogP contribution in [0.3, 0.4) is 0 Å². The minimum absolute atomic E-state index is 0.200. The number of nitrogen functional groups attached to an aromatic ring is 1. The molecule has 1 saturated heterocycles. The first-order valence-electron chi connectivity index (χ1n) is 6.60. The third-order valence-corrected chi connectivity index (χ3v) is 4.32. The SMILES string of the molecule is COCCNc1nc(N)c(C(=O)N2CCC(C(N)=O)C2)s1. The highest BCUT2D eigenvalue weighted by Gasteiger charge is 2.32. The summed E-state index contributed by atoms with van der Waals surface area (Å²) in [6.45, 7) is 1.98. The van der Waals surface area contributed by atoms with E-state index in [-0.39, 0.29) is 23.6 Å². The van der Waals surface area contributed by atoms with Crippen molar-refractivity contribution < 1.29 is 14.3 Å². The van der Waals surface area contributed by atoms with Gasteiger partial charge in [0.25, 0.3) is 5.91 Å². The summed E-state index contributed by atoms with van der Waals surface area (Å²) in [5.74, 6) is -0.645. The van der Waals surface area contributed by atoms with Gasteiger partial charge >= 0.3 is 0 Å². The van der Waals surface area contributed by atoms with Gasteiger partial charge in [-0.2, -0.15) is 0 Å². The van der Waals surface area contributed by atoms with E-state index in [2.05, 4.69) is 10.3 Å². The maximum atomic E-state index is 12.4. The molecule has 1 aromatic rings. The molecule has 0 bridgehead atoms. The van der Waals surface area contributed by atoms with Crippen LogP contribution >= 0.6 is 11.3 Å². The topological polar surface area (TPSA) is 124 Å². The highest BCUT2D eigenvalue weighted by molar-refractivity contribution is 7.18. The first-order chi connectivity index (χ1) is 10.0. The molecule has 9 heteroatoms. The lowest BCUT2D eigenvalue weighted by Crippen LogP contribution is -2.31. The summed E-state index contributed by atoms with van der Waals surface area (Å²) >= 11 is 1.20. The summed E-state index contributed by atoms with van der Waals surface area (Å²) in [6, 6.07) is 0. The Bertz CT molecular complexity index is 533. The second-order valence-corrected chi connectivity index (χ2v) is 5.79. The Morgan fingerprint density at radius 3 is 2.95 bits per heavy atom. The van der Waals surface area contributed by atoms with Crippen molar-refractivity contribution >= 4 is 34.1 Å². The number of carbonyl (C=O) groups is 2. The fourth-order valence-electron chi connectivity index (χ4n) is 2.14. The zero-order valence-electron chi connectivity index (χ0n) is 11.8. The number of nitrogens with one attached hydrogen (secondary N) is 1. The summed E-state index contributed by atoms with van der Waals surface area (Å²) in [7, 11) is 1.61. The van der Waals surface area contributed by atoms with Gasteiger partial charge in [0.05, 0.1) is 12.5 Å². The molecule has 8 nitrogen and oxygen atoms in total. The summed E-state index contributed by atoms with van der Waals surface area (Å²) in [4.78, 5) is 29.6. The molecule has 2 rings (SSSR count). The largest absolute Gasteiger partial charge is 0.383 e. The first-order valence-corrected chi connectivity index (χ1v) is 7.42. The monoisotopic (exact) mass is 313 g/mol. The number of rotatable bonds is 6. The van der Waals surface area contributed by atoms with E-state index in [0.717, 1.165) is 0 Å². The van der Waals surface area contributed by atoms with Gasteiger partial charge in [-0.25, -0.2) is 4.98 Å². The van der Waals surface area contributed by atoms with Crippen molar-refractivity contribution in [3.05, 3.63) is 4.88 Å². The van der Waals surface area contributed by atoms with Crippen LogP contribution in [-0.2, 0) is 9.53 Å². The third kappa shape index (κ3) is 3.61. The quantitative estimate of drug-likeness (QED) is 0.621. The van der Waals surface area contributed by atoms with Crippen LogP contribution in [0.2, 0.25) is 0 Å². The van der Waals surface area contributed by atoms with Crippen molar-refractivity contribution in [2.75, 3.05) is 44.4 Å². The third-order valence-electron chi connectivity index (χ3n) is 3.31. The first kappa shape index (κ1) is 15.5. The normalized spacial score (nSPS) is 18.0. The van der Waals surface area contributed by atoms with Crippen LogP contribution in [-0.4, -0.2) is 55.0 Å². The average molecular weight is 313 g/mol. The molecule has 0 aliphatic carbocycles. The van der Waals surface area contributed by atoms with Gasteiger partial charge in [-0.3, -0.25) is 9.59 Å².